The van der Waals surface area contributed by atoms with Crippen LogP contribution in [0.15, 0.2) is 73.6 Å². The first-order chi connectivity index (χ1) is 18.0. The van der Waals surface area contributed by atoms with Crippen LogP contribution in [-0.2, 0) is 4.79 Å². The van der Waals surface area contributed by atoms with Gasteiger partial charge in [-0.3, -0.25) is 19.5 Å². The van der Waals surface area contributed by atoms with Crippen molar-refractivity contribution in [1.29, 1.82) is 0 Å². The van der Waals surface area contributed by atoms with E-state index in [2.05, 4.69) is 27.2 Å². The number of rotatable bonds is 5. The number of amides is 4. The Morgan fingerprint density at radius 2 is 1.95 bits per heavy atom. The number of pyridine rings is 2. The van der Waals surface area contributed by atoms with Crippen molar-refractivity contribution < 1.29 is 14.4 Å². The van der Waals surface area contributed by atoms with E-state index in [9.17, 15) is 14.4 Å². The third kappa shape index (κ3) is 4.01. The first-order valence-corrected chi connectivity index (χ1v) is 12.6. The van der Waals surface area contributed by atoms with E-state index >= 15 is 0 Å². The van der Waals surface area contributed by atoms with Gasteiger partial charge in [-0.05, 0) is 30.7 Å². The Hall–Kier alpha value is -4.57. The SMILES string of the molecule is C=CC(=O)N1CCC(NC(=O)c2sc3nccc4c3c2NC(=O)N4c2ccnc(-c3ccccc3)c2)C1. The number of anilines is 3. The molecule has 9 nitrogen and oxygen atoms in total. The van der Waals surface area contributed by atoms with Gasteiger partial charge in [0.1, 0.15) is 9.71 Å². The van der Waals surface area contributed by atoms with E-state index in [1.807, 2.05) is 36.4 Å². The first-order valence-electron chi connectivity index (χ1n) is 11.8. The van der Waals surface area contributed by atoms with Crippen LogP contribution in [0.3, 0.4) is 0 Å². The van der Waals surface area contributed by atoms with Crippen LogP contribution in [0, 0.1) is 0 Å². The van der Waals surface area contributed by atoms with Crippen molar-refractivity contribution in [3.05, 3.63) is 78.5 Å². The quantitative estimate of drug-likeness (QED) is 0.383. The van der Waals surface area contributed by atoms with Gasteiger partial charge in [-0.2, -0.15) is 0 Å². The van der Waals surface area contributed by atoms with E-state index in [1.54, 1.807) is 34.3 Å². The summed E-state index contributed by atoms with van der Waals surface area (Å²) in [5.74, 6) is -0.452. The molecule has 0 radical (unpaired) electrons. The van der Waals surface area contributed by atoms with Crippen LogP contribution in [0.1, 0.15) is 16.1 Å². The van der Waals surface area contributed by atoms with Crippen molar-refractivity contribution in [2.75, 3.05) is 23.3 Å². The predicted octanol–water partition coefficient (Wildman–Crippen LogP) is 4.56. The van der Waals surface area contributed by atoms with E-state index in [0.717, 1.165) is 11.3 Å². The standard InChI is InChI=1S/C27H22N6O3S/c1-2-21(34)32-13-10-17(15-32)30-25(35)24-23-22-20(9-12-29-26(22)37-24)33(27(36)31-23)18-8-11-28-19(14-18)16-6-4-3-5-7-16/h2-9,11-12,14,17H,1,10,13,15H2,(H,30,35)(H,31,36). The van der Waals surface area contributed by atoms with Gasteiger partial charge in [-0.1, -0.05) is 36.9 Å². The van der Waals surface area contributed by atoms with E-state index < -0.39 is 0 Å². The fourth-order valence-corrected chi connectivity index (χ4v) is 5.81. The number of urea groups is 1. The Kier molecular flexibility index (Phi) is 5.65. The fraction of sp³-hybridized carbons (Fsp3) is 0.148. The summed E-state index contributed by atoms with van der Waals surface area (Å²) in [7, 11) is 0. The van der Waals surface area contributed by atoms with Crippen molar-refractivity contribution in [3.8, 4) is 11.3 Å². The lowest BCUT2D eigenvalue weighted by Gasteiger charge is -2.28. The van der Waals surface area contributed by atoms with Crippen LogP contribution < -0.4 is 15.5 Å². The van der Waals surface area contributed by atoms with Crippen LogP contribution in [0.25, 0.3) is 21.5 Å². The summed E-state index contributed by atoms with van der Waals surface area (Å²) in [5, 5.41) is 6.64. The Bertz CT molecular complexity index is 1570. The van der Waals surface area contributed by atoms with E-state index in [-0.39, 0.29) is 23.9 Å². The van der Waals surface area contributed by atoms with Crippen molar-refractivity contribution in [3.63, 3.8) is 0 Å². The number of benzene rings is 1. The largest absolute Gasteiger partial charge is 0.347 e. The maximum absolute atomic E-state index is 13.4. The molecular formula is C27H22N6O3S. The highest BCUT2D eigenvalue weighted by molar-refractivity contribution is 7.21. The topological polar surface area (TPSA) is 108 Å². The minimum atomic E-state index is -0.374. The highest BCUT2D eigenvalue weighted by Gasteiger charge is 2.34. The van der Waals surface area contributed by atoms with Crippen molar-refractivity contribution in [2.24, 2.45) is 0 Å². The summed E-state index contributed by atoms with van der Waals surface area (Å²) in [6.07, 6.45) is 5.25. The minimum Gasteiger partial charge on any atom is -0.347 e. The third-order valence-corrected chi connectivity index (χ3v) is 7.63. The predicted molar refractivity (Wildman–Crippen MR) is 143 cm³/mol. The average molecular weight is 511 g/mol. The van der Waals surface area contributed by atoms with Gasteiger partial charge in [0, 0.05) is 37.1 Å². The van der Waals surface area contributed by atoms with Crippen molar-refractivity contribution in [2.45, 2.75) is 12.5 Å². The molecule has 0 bridgehead atoms. The molecule has 37 heavy (non-hydrogen) atoms. The smallest absolute Gasteiger partial charge is 0.331 e. The lowest BCUT2D eigenvalue weighted by Crippen LogP contribution is -2.39. The van der Waals surface area contributed by atoms with Gasteiger partial charge < -0.3 is 15.5 Å². The number of thiophene rings is 1. The zero-order valence-corrected chi connectivity index (χ0v) is 20.5. The molecule has 1 aromatic carbocycles. The van der Waals surface area contributed by atoms with Crippen molar-refractivity contribution in [1.82, 2.24) is 20.2 Å². The molecule has 0 aliphatic carbocycles. The van der Waals surface area contributed by atoms with E-state index in [4.69, 9.17) is 0 Å². The second-order valence-corrected chi connectivity index (χ2v) is 9.79. The summed E-state index contributed by atoms with van der Waals surface area (Å²) in [4.78, 5) is 51.8. The number of carbonyl (C=O) groups is 3. The number of carbonyl (C=O) groups excluding carboxylic acids is 3. The number of hydrogen-bond donors (Lipinski definition) is 2. The van der Waals surface area contributed by atoms with Crippen LogP contribution in [0.5, 0.6) is 0 Å². The Labute approximate surface area is 216 Å². The minimum absolute atomic E-state index is 0.151. The number of hydrogen-bond acceptors (Lipinski definition) is 6. The zero-order valence-electron chi connectivity index (χ0n) is 19.7. The number of aromatic nitrogens is 2. The zero-order chi connectivity index (χ0) is 25.5. The molecule has 2 N–H and O–H groups in total. The van der Waals surface area contributed by atoms with E-state index in [1.165, 1.54) is 17.4 Å². The molecule has 10 heteroatoms. The van der Waals surface area contributed by atoms with Gasteiger partial charge in [0.15, 0.2) is 0 Å². The molecule has 4 amide bonds. The summed E-state index contributed by atoms with van der Waals surface area (Å²) >= 11 is 1.23. The van der Waals surface area contributed by atoms with Crippen LogP contribution >= 0.6 is 11.3 Å². The summed E-state index contributed by atoms with van der Waals surface area (Å²) in [6, 6.07) is 14.6. The molecule has 1 atom stereocenters. The lowest BCUT2D eigenvalue weighted by atomic mass is 10.1. The molecule has 2 aliphatic heterocycles. The first kappa shape index (κ1) is 22.9. The summed E-state index contributed by atoms with van der Waals surface area (Å²) in [6.45, 7) is 4.51. The summed E-state index contributed by atoms with van der Waals surface area (Å²) < 4.78 is 0. The van der Waals surface area contributed by atoms with Gasteiger partial charge in [0.2, 0.25) is 5.91 Å². The Balaban J connectivity index is 1.34. The van der Waals surface area contributed by atoms with Gasteiger partial charge in [-0.25, -0.2) is 9.78 Å². The molecule has 184 valence electrons. The molecule has 1 unspecified atom stereocenters. The highest BCUT2D eigenvalue weighted by Crippen LogP contribution is 2.45. The molecule has 3 aromatic heterocycles. The summed E-state index contributed by atoms with van der Waals surface area (Å²) in [5.41, 5.74) is 3.44. The monoisotopic (exact) mass is 510 g/mol. The molecule has 0 spiro atoms. The second-order valence-electron chi connectivity index (χ2n) is 8.79. The maximum Gasteiger partial charge on any atom is 0.331 e. The molecular weight excluding hydrogens is 488 g/mol. The van der Waals surface area contributed by atoms with Gasteiger partial charge in [0.05, 0.1) is 28.1 Å². The normalized spacial score (nSPS) is 16.5. The second kappa shape index (κ2) is 9.14. The molecule has 1 fully saturated rings. The Morgan fingerprint density at radius 1 is 1.14 bits per heavy atom. The number of nitrogens with zero attached hydrogens (tertiary/aromatic N) is 4. The van der Waals surface area contributed by atoms with Crippen LogP contribution in [0.2, 0.25) is 0 Å². The van der Waals surface area contributed by atoms with E-state index in [0.29, 0.717) is 51.7 Å². The molecule has 2 aliphatic rings. The van der Waals surface area contributed by atoms with Crippen LogP contribution in [-0.4, -0.2) is 51.8 Å². The highest BCUT2D eigenvalue weighted by atomic mass is 32.1. The Morgan fingerprint density at radius 3 is 2.76 bits per heavy atom. The van der Waals surface area contributed by atoms with Gasteiger partial charge in [-0.15, -0.1) is 11.3 Å². The molecule has 0 saturated carbocycles. The third-order valence-electron chi connectivity index (χ3n) is 6.53. The molecule has 1 saturated heterocycles. The number of likely N-dealkylation sites (tertiary alicyclic amines) is 1. The lowest BCUT2D eigenvalue weighted by molar-refractivity contribution is -0.125. The fourth-order valence-electron chi connectivity index (χ4n) is 4.78. The maximum atomic E-state index is 13.4. The molecule has 6 rings (SSSR count). The van der Waals surface area contributed by atoms with Gasteiger partial charge in [0.25, 0.3) is 5.91 Å². The molecule has 4 aromatic rings. The molecule has 5 heterocycles. The van der Waals surface area contributed by atoms with Gasteiger partial charge >= 0.3 is 6.03 Å². The van der Waals surface area contributed by atoms with Crippen molar-refractivity contribution >= 4 is 56.5 Å². The van der Waals surface area contributed by atoms with Crippen LogP contribution in [0.4, 0.5) is 21.9 Å². The average Bonchev–Trinajstić information content (AvgIpc) is 3.54. The number of nitrogens with one attached hydrogen (secondary N) is 2.